The molecule has 35 heavy (non-hydrogen) atoms. The highest BCUT2D eigenvalue weighted by Crippen LogP contribution is 2.37. The molecule has 12 heteroatoms. The van der Waals surface area contributed by atoms with E-state index in [1.54, 1.807) is 6.92 Å². The maximum Gasteiger partial charge on any atom is 0.341 e. The van der Waals surface area contributed by atoms with Crippen molar-refractivity contribution in [3.8, 4) is 0 Å². The number of halogens is 1. The van der Waals surface area contributed by atoms with E-state index in [0.29, 0.717) is 26.9 Å². The highest BCUT2D eigenvalue weighted by atomic mass is 79.9. The van der Waals surface area contributed by atoms with Crippen molar-refractivity contribution in [3.63, 3.8) is 0 Å². The highest BCUT2D eigenvalue weighted by Gasteiger charge is 2.28. The van der Waals surface area contributed by atoms with E-state index in [-0.39, 0.29) is 18.3 Å². The van der Waals surface area contributed by atoms with Crippen LogP contribution in [-0.2, 0) is 29.5 Å². The number of carbonyl (C=O) groups excluding carboxylic acids is 2. The molecule has 0 radical (unpaired) electrons. The second kappa shape index (κ2) is 9.84. The molecule has 3 aromatic heterocycles. The number of hydrogen-bond donors (Lipinski definition) is 1. The SMILES string of the molecule is CCOC(=O)c1c(NC(=O)CSc2nnc3c4cc(Br)ccc4n(C)c3n2)sc2c1CCN(C)C2. The van der Waals surface area contributed by atoms with Gasteiger partial charge in [0, 0.05) is 34.9 Å². The number of amides is 1. The molecular formula is C23H23BrN6O3S2. The predicted molar refractivity (Wildman–Crippen MR) is 141 cm³/mol. The smallest absolute Gasteiger partial charge is 0.341 e. The number of aromatic nitrogens is 4. The summed E-state index contributed by atoms with van der Waals surface area (Å²) in [7, 11) is 3.97. The summed E-state index contributed by atoms with van der Waals surface area (Å²) in [5.41, 5.74) is 3.89. The number of aryl methyl sites for hydroxylation is 1. The maximum absolute atomic E-state index is 12.8. The van der Waals surface area contributed by atoms with Crippen LogP contribution < -0.4 is 5.32 Å². The Morgan fingerprint density at radius 1 is 1.29 bits per heavy atom. The van der Waals surface area contributed by atoms with Crippen LogP contribution in [0.5, 0.6) is 0 Å². The van der Waals surface area contributed by atoms with Gasteiger partial charge in [-0.15, -0.1) is 21.5 Å². The van der Waals surface area contributed by atoms with Gasteiger partial charge in [0.15, 0.2) is 5.65 Å². The third-order valence-corrected chi connectivity index (χ3v) is 8.32. The molecule has 1 aromatic carbocycles. The van der Waals surface area contributed by atoms with E-state index in [9.17, 15) is 9.59 Å². The molecule has 0 fully saturated rings. The van der Waals surface area contributed by atoms with Crippen molar-refractivity contribution in [1.82, 2.24) is 24.6 Å². The fourth-order valence-corrected chi connectivity index (χ4v) is 6.48. The molecule has 0 atom stereocenters. The van der Waals surface area contributed by atoms with Crippen molar-refractivity contribution in [3.05, 3.63) is 38.7 Å². The van der Waals surface area contributed by atoms with Crippen LogP contribution in [0.1, 0.15) is 27.7 Å². The van der Waals surface area contributed by atoms with Crippen LogP contribution in [0.25, 0.3) is 22.1 Å². The Balaban J connectivity index is 1.34. The van der Waals surface area contributed by atoms with Gasteiger partial charge in [-0.3, -0.25) is 4.79 Å². The first-order valence-electron chi connectivity index (χ1n) is 11.1. The Kier molecular flexibility index (Phi) is 6.80. The van der Waals surface area contributed by atoms with Crippen molar-refractivity contribution in [2.24, 2.45) is 7.05 Å². The third-order valence-electron chi connectivity index (χ3n) is 5.85. The van der Waals surface area contributed by atoms with Crippen LogP contribution in [0, 0.1) is 0 Å². The molecule has 0 unspecified atom stereocenters. The molecule has 4 aromatic rings. The summed E-state index contributed by atoms with van der Waals surface area (Å²) in [6, 6.07) is 5.97. The Bertz CT molecular complexity index is 1470. The van der Waals surface area contributed by atoms with Gasteiger partial charge in [-0.2, -0.15) is 0 Å². The van der Waals surface area contributed by atoms with Gasteiger partial charge in [0.1, 0.15) is 10.5 Å². The van der Waals surface area contributed by atoms with E-state index in [4.69, 9.17) is 4.74 Å². The number of nitrogens with zero attached hydrogens (tertiary/aromatic N) is 5. The van der Waals surface area contributed by atoms with E-state index >= 15 is 0 Å². The number of fused-ring (bicyclic) bond motifs is 4. The van der Waals surface area contributed by atoms with E-state index in [2.05, 4.69) is 41.3 Å². The van der Waals surface area contributed by atoms with Gasteiger partial charge in [0.05, 0.1) is 23.4 Å². The molecule has 4 heterocycles. The minimum absolute atomic E-state index is 0.0907. The van der Waals surface area contributed by atoms with Crippen LogP contribution in [0.2, 0.25) is 0 Å². The Hall–Kier alpha value is -2.54. The number of rotatable bonds is 6. The third kappa shape index (κ3) is 4.67. The molecule has 0 saturated carbocycles. The van der Waals surface area contributed by atoms with Gasteiger partial charge < -0.3 is 19.5 Å². The molecule has 0 spiro atoms. The minimum atomic E-state index is -0.391. The number of thioether (sulfide) groups is 1. The molecule has 182 valence electrons. The second-order valence-electron chi connectivity index (χ2n) is 8.24. The first-order valence-corrected chi connectivity index (χ1v) is 13.7. The van der Waals surface area contributed by atoms with E-state index in [0.717, 1.165) is 45.3 Å². The summed E-state index contributed by atoms with van der Waals surface area (Å²) < 4.78 is 8.20. The zero-order valence-corrected chi connectivity index (χ0v) is 22.6. The minimum Gasteiger partial charge on any atom is -0.462 e. The molecular weight excluding hydrogens is 552 g/mol. The van der Waals surface area contributed by atoms with Crippen molar-refractivity contribution >= 4 is 78.0 Å². The zero-order chi connectivity index (χ0) is 24.7. The first-order chi connectivity index (χ1) is 16.9. The molecule has 1 aliphatic rings. The first kappa shape index (κ1) is 24.2. The van der Waals surface area contributed by atoms with Gasteiger partial charge in [0.2, 0.25) is 11.1 Å². The summed E-state index contributed by atoms with van der Waals surface area (Å²) >= 11 is 6.14. The topological polar surface area (TPSA) is 102 Å². The average Bonchev–Trinajstić information content (AvgIpc) is 3.31. The maximum atomic E-state index is 12.8. The molecule has 1 N–H and O–H groups in total. The van der Waals surface area contributed by atoms with E-state index in [1.807, 2.05) is 36.9 Å². The quantitative estimate of drug-likeness (QED) is 0.269. The van der Waals surface area contributed by atoms with Crippen LogP contribution in [0.4, 0.5) is 5.00 Å². The summed E-state index contributed by atoms with van der Waals surface area (Å²) in [6.07, 6.45) is 0.752. The van der Waals surface area contributed by atoms with Gasteiger partial charge >= 0.3 is 5.97 Å². The molecule has 0 saturated heterocycles. The number of esters is 1. The van der Waals surface area contributed by atoms with Crippen LogP contribution in [-0.4, -0.2) is 62.5 Å². The molecule has 1 aliphatic heterocycles. The Morgan fingerprint density at radius 3 is 2.91 bits per heavy atom. The largest absolute Gasteiger partial charge is 0.462 e. The fraction of sp³-hybridized carbons (Fsp3) is 0.348. The van der Waals surface area contributed by atoms with Crippen molar-refractivity contribution in [1.29, 1.82) is 0 Å². The normalized spacial score (nSPS) is 13.8. The number of thiophene rings is 1. The summed E-state index contributed by atoms with van der Waals surface area (Å²) in [6.45, 7) is 3.67. The van der Waals surface area contributed by atoms with Crippen molar-refractivity contribution < 1.29 is 14.3 Å². The monoisotopic (exact) mass is 574 g/mol. The van der Waals surface area contributed by atoms with Crippen molar-refractivity contribution in [2.75, 3.05) is 31.3 Å². The van der Waals surface area contributed by atoms with Gasteiger partial charge in [-0.1, -0.05) is 27.7 Å². The van der Waals surface area contributed by atoms with Crippen LogP contribution >= 0.6 is 39.0 Å². The van der Waals surface area contributed by atoms with Crippen molar-refractivity contribution in [2.45, 2.75) is 25.0 Å². The lowest BCUT2D eigenvalue weighted by Gasteiger charge is -2.22. The lowest BCUT2D eigenvalue weighted by Crippen LogP contribution is -2.26. The molecule has 1 amide bonds. The zero-order valence-electron chi connectivity index (χ0n) is 19.4. The number of nitrogens with one attached hydrogen (secondary N) is 1. The van der Waals surface area contributed by atoms with E-state index < -0.39 is 5.97 Å². The molecule has 0 aliphatic carbocycles. The number of carbonyl (C=O) groups is 2. The number of ether oxygens (including phenoxy) is 1. The molecule has 5 rings (SSSR count). The summed E-state index contributed by atoms with van der Waals surface area (Å²) in [5, 5.41) is 13.4. The van der Waals surface area contributed by atoms with Gasteiger partial charge in [0.25, 0.3) is 0 Å². The second-order valence-corrected chi connectivity index (χ2v) is 11.2. The Morgan fingerprint density at radius 2 is 2.11 bits per heavy atom. The fourth-order valence-electron chi connectivity index (χ4n) is 4.21. The van der Waals surface area contributed by atoms with Crippen LogP contribution in [0.3, 0.4) is 0 Å². The van der Waals surface area contributed by atoms with E-state index in [1.165, 1.54) is 23.1 Å². The lowest BCUT2D eigenvalue weighted by atomic mass is 10.0. The number of likely N-dealkylation sites (N-methyl/N-ethyl adjacent to an activating group) is 1. The molecule has 9 nitrogen and oxygen atoms in total. The Labute approximate surface area is 218 Å². The standard InChI is InChI=1S/C23H23BrN6O3S2/c1-4-33-22(32)18-13-7-8-29(2)10-16(13)35-21(18)25-17(31)11-34-23-26-20-19(27-28-23)14-9-12(24)5-6-15(14)30(20)3/h5-6,9H,4,7-8,10-11H2,1-3H3,(H,25,31). The summed E-state index contributed by atoms with van der Waals surface area (Å²) in [5.74, 6) is -0.539. The number of anilines is 1. The van der Waals surface area contributed by atoms with Gasteiger partial charge in [-0.25, -0.2) is 9.78 Å². The number of hydrogen-bond acceptors (Lipinski definition) is 9. The average molecular weight is 576 g/mol. The van der Waals surface area contributed by atoms with Gasteiger partial charge in [-0.05, 0) is 44.2 Å². The van der Waals surface area contributed by atoms with Crippen LogP contribution in [0.15, 0.2) is 27.8 Å². The predicted octanol–water partition coefficient (Wildman–Crippen LogP) is 4.24. The molecule has 0 bridgehead atoms. The highest BCUT2D eigenvalue weighted by molar-refractivity contribution is 9.10. The number of benzene rings is 1. The lowest BCUT2D eigenvalue weighted by molar-refractivity contribution is -0.113. The summed E-state index contributed by atoms with van der Waals surface area (Å²) in [4.78, 5) is 33.4.